The molecule has 1 aromatic heterocycles. The molecule has 20 heavy (non-hydrogen) atoms. The molecule has 2 aliphatic heterocycles. The summed E-state index contributed by atoms with van der Waals surface area (Å²) in [6, 6.07) is 2.90. The van der Waals surface area contributed by atoms with Crippen molar-refractivity contribution in [1.29, 1.82) is 0 Å². The number of likely N-dealkylation sites (tertiary alicyclic amines) is 1. The van der Waals surface area contributed by atoms with Crippen molar-refractivity contribution in [3.63, 3.8) is 0 Å². The van der Waals surface area contributed by atoms with E-state index in [1.165, 1.54) is 11.0 Å². The summed E-state index contributed by atoms with van der Waals surface area (Å²) in [7, 11) is 0. The Morgan fingerprint density at radius 3 is 2.70 bits per heavy atom. The molecule has 2 fully saturated rings. The van der Waals surface area contributed by atoms with E-state index >= 15 is 0 Å². The molecule has 0 radical (unpaired) electrons. The highest BCUT2D eigenvalue weighted by Crippen LogP contribution is 2.35. The first-order valence-corrected chi connectivity index (χ1v) is 6.14. The summed E-state index contributed by atoms with van der Waals surface area (Å²) in [5.74, 6) is 0.441. The lowest BCUT2D eigenvalue weighted by Crippen LogP contribution is -2.48. The third-order valence-electron chi connectivity index (χ3n) is 3.86. The van der Waals surface area contributed by atoms with E-state index in [0.717, 1.165) is 6.42 Å². The van der Waals surface area contributed by atoms with E-state index < -0.39 is 11.0 Å². The van der Waals surface area contributed by atoms with Crippen molar-refractivity contribution < 1.29 is 14.8 Å². The van der Waals surface area contributed by atoms with Gasteiger partial charge in [0.15, 0.2) is 0 Å². The van der Waals surface area contributed by atoms with E-state index in [-0.39, 0.29) is 23.6 Å². The smallest absolute Gasteiger partial charge is 0.407 e. The van der Waals surface area contributed by atoms with Gasteiger partial charge in [-0.15, -0.1) is 0 Å². The van der Waals surface area contributed by atoms with Gasteiger partial charge in [-0.1, -0.05) is 0 Å². The van der Waals surface area contributed by atoms with Crippen molar-refractivity contribution in [3.8, 4) is 0 Å². The minimum absolute atomic E-state index is 0.0456. The lowest BCUT2D eigenvalue weighted by Gasteiger charge is -2.33. The Bertz CT molecular complexity index is 592. The zero-order chi connectivity index (χ0) is 14.4. The summed E-state index contributed by atoms with van der Waals surface area (Å²) in [5, 5.41) is 19.7. The lowest BCUT2D eigenvalue weighted by atomic mass is 10.2. The van der Waals surface area contributed by atoms with Crippen LogP contribution in [0, 0.1) is 10.1 Å². The van der Waals surface area contributed by atoms with Gasteiger partial charge in [0.05, 0.1) is 17.0 Å². The molecule has 2 atom stereocenters. The van der Waals surface area contributed by atoms with Crippen LogP contribution in [0.5, 0.6) is 0 Å². The van der Waals surface area contributed by atoms with Gasteiger partial charge in [-0.3, -0.25) is 10.1 Å². The van der Waals surface area contributed by atoms with Crippen molar-refractivity contribution in [1.82, 2.24) is 9.88 Å². The number of carboxylic acid groups (broad SMARTS) is 1. The number of pyridine rings is 1. The maximum Gasteiger partial charge on any atom is 0.407 e. The van der Waals surface area contributed by atoms with E-state index in [2.05, 4.69) is 4.98 Å². The van der Waals surface area contributed by atoms with Crippen molar-refractivity contribution in [2.75, 3.05) is 23.7 Å². The van der Waals surface area contributed by atoms with E-state index in [4.69, 9.17) is 10.8 Å². The van der Waals surface area contributed by atoms with Gasteiger partial charge in [0.25, 0.3) is 0 Å². The van der Waals surface area contributed by atoms with Crippen molar-refractivity contribution in [3.05, 3.63) is 22.2 Å². The highest BCUT2D eigenvalue weighted by atomic mass is 16.6. The Morgan fingerprint density at radius 2 is 2.20 bits per heavy atom. The summed E-state index contributed by atoms with van der Waals surface area (Å²) >= 11 is 0. The number of nitro groups is 1. The molecule has 0 spiro atoms. The summed E-state index contributed by atoms with van der Waals surface area (Å²) in [5.41, 5.74) is 5.36. The first-order valence-electron chi connectivity index (χ1n) is 6.14. The SMILES string of the molecule is Nc1nc(N2C[C@@H]3C[C@H]2CN3C(=O)O)ccc1[N+](=O)[O-]. The standard InChI is InChI=1S/C11H13N5O4/c12-10-8(16(19)20)1-2-9(13-10)14-4-7-3-6(14)5-15(7)11(17)18/h1-2,6-7H,3-5H2,(H2,12,13)(H,17,18)/t6-,7-/m0/s1. The van der Waals surface area contributed by atoms with Crippen LogP contribution < -0.4 is 10.6 Å². The third kappa shape index (κ3) is 1.78. The number of anilines is 2. The third-order valence-corrected chi connectivity index (χ3v) is 3.86. The predicted molar refractivity (Wildman–Crippen MR) is 69.6 cm³/mol. The van der Waals surface area contributed by atoms with E-state index in [1.54, 1.807) is 6.07 Å². The summed E-state index contributed by atoms with van der Waals surface area (Å²) in [4.78, 5) is 28.6. The van der Waals surface area contributed by atoms with Crippen LogP contribution in [0.2, 0.25) is 0 Å². The van der Waals surface area contributed by atoms with Crippen LogP contribution in [-0.4, -0.2) is 51.2 Å². The molecule has 2 saturated heterocycles. The first kappa shape index (κ1) is 12.5. The zero-order valence-electron chi connectivity index (χ0n) is 10.5. The van der Waals surface area contributed by atoms with Gasteiger partial charge in [-0.05, 0) is 12.5 Å². The molecule has 0 unspecified atom stereocenters. The van der Waals surface area contributed by atoms with Gasteiger partial charge in [-0.2, -0.15) is 0 Å². The van der Waals surface area contributed by atoms with Gasteiger partial charge >= 0.3 is 11.8 Å². The lowest BCUT2D eigenvalue weighted by molar-refractivity contribution is -0.384. The van der Waals surface area contributed by atoms with Crippen molar-refractivity contribution in [2.24, 2.45) is 0 Å². The van der Waals surface area contributed by atoms with Crippen LogP contribution >= 0.6 is 0 Å². The topological polar surface area (TPSA) is 126 Å². The number of nitrogens with zero attached hydrogens (tertiary/aromatic N) is 4. The second-order valence-corrected chi connectivity index (χ2v) is 4.96. The van der Waals surface area contributed by atoms with Crippen LogP contribution in [-0.2, 0) is 0 Å². The Hall–Kier alpha value is -2.58. The molecule has 3 heterocycles. The van der Waals surface area contributed by atoms with E-state index in [9.17, 15) is 14.9 Å². The molecule has 2 bridgehead atoms. The molecule has 2 aliphatic rings. The molecule has 9 heteroatoms. The van der Waals surface area contributed by atoms with Crippen LogP contribution in [0.15, 0.2) is 12.1 Å². The van der Waals surface area contributed by atoms with Gasteiger partial charge < -0.3 is 20.6 Å². The van der Waals surface area contributed by atoms with Crippen LogP contribution in [0.25, 0.3) is 0 Å². The second-order valence-electron chi connectivity index (χ2n) is 4.96. The fraction of sp³-hybridized carbons (Fsp3) is 0.455. The van der Waals surface area contributed by atoms with Crippen molar-refractivity contribution >= 4 is 23.4 Å². The Balaban J connectivity index is 1.82. The number of rotatable bonds is 2. The second kappa shape index (κ2) is 4.22. The average Bonchev–Trinajstić information content (AvgIpc) is 2.97. The molecule has 0 aliphatic carbocycles. The Morgan fingerprint density at radius 1 is 1.45 bits per heavy atom. The number of nitrogen functional groups attached to an aromatic ring is 1. The van der Waals surface area contributed by atoms with E-state index in [1.807, 2.05) is 4.90 Å². The molecule has 3 rings (SSSR count). The Labute approximate surface area is 113 Å². The highest BCUT2D eigenvalue weighted by molar-refractivity contribution is 5.67. The van der Waals surface area contributed by atoms with Gasteiger partial charge in [0.1, 0.15) is 5.82 Å². The molecular weight excluding hydrogens is 266 g/mol. The maximum absolute atomic E-state index is 11.0. The fourth-order valence-corrected chi connectivity index (χ4v) is 2.95. The van der Waals surface area contributed by atoms with Gasteiger partial charge in [0, 0.05) is 19.2 Å². The molecule has 106 valence electrons. The minimum atomic E-state index is -0.909. The zero-order valence-corrected chi connectivity index (χ0v) is 10.5. The molecule has 1 amide bonds. The van der Waals surface area contributed by atoms with Gasteiger partial charge in [0.2, 0.25) is 5.82 Å². The number of fused-ring (bicyclic) bond motifs is 2. The number of aromatic nitrogens is 1. The number of piperazine rings is 1. The molecule has 0 saturated carbocycles. The monoisotopic (exact) mass is 279 g/mol. The van der Waals surface area contributed by atoms with Gasteiger partial charge in [-0.25, -0.2) is 9.78 Å². The highest BCUT2D eigenvalue weighted by Gasteiger charge is 2.46. The fourth-order valence-electron chi connectivity index (χ4n) is 2.95. The van der Waals surface area contributed by atoms with Crippen LogP contribution in [0.4, 0.5) is 22.1 Å². The predicted octanol–water partition coefficient (Wildman–Crippen LogP) is 0.513. The number of hydrogen-bond acceptors (Lipinski definition) is 6. The number of amides is 1. The average molecular weight is 279 g/mol. The van der Waals surface area contributed by atoms with E-state index in [0.29, 0.717) is 18.9 Å². The number of nitrogens with two attached hydrogens (primary N) is 1. The summed E-state index contributed by atoms with van der Waals surface area (Å²) in [6.45, 7) is 0.972. The number of hydrogen-bond donors (Lipinski definition) is 2. The quantitative estimate of drug-likeness (QED) is 0.596. The first-order chi connectivity index (χ1) is 9.47. The largest absolute Gasteiger partial charge is 0.465 e. The van der Waals surface area contributed by atoms with Crippen molar-refractivity contribution in [2.45, 2.75) is 18.5 Å². The molecule has 9 nitrogen and oxygen atoms in total. The summed E-state index contributed by atoms with van der Waals surface area (Å²) < 4.78 is 0. The normalized spacial score (nSPS) is 24.2. The Kier molecular flexibility index (Phi) is 2.63. The number of carbonyl (C=O) groups is 1. The summed E-state index contributed by atoms with van der Waals surface area (Å²) in [6.07, 6.45) is -0.154. The van der Waals surface area contributed by atoms with Crippen LogP contribution in [0.1, 0.15) is 6.42 Å². The minimum Gasteiger partial charge on any atom is -0.465 e. The molecule has 3 N–H and O–H groups in total. The maximum atomic E-state index is 11.0. The molecule has 0 aromatic carbocycles. The molecule has 1 aromatic rings. The van der Waals surface area contributed by atoms with Crippen LogP contribution in [0.3, 0.4) is 0 Å². The molecular formula is C11H13N5O4.